The van der Waals surface area contributed by atoms with Gasteiger partial charge < -0.3 is 5.73 Å². The number of nitrogens with zero attached hydrogens (tertiary/aromatic N) is 1. The number of benzene rings is 1. The van der Waals surface area contributed by atoms with Gasteiger partial charge in [-0.1, -0.05) is 30.3 Å². The van der Waals surface area contributed by atoms with E-state index < -0.39 is 0 Å². The second-order valence-corrected chi connectivity index (χ2v) is 5.26. The van der Waals surface area contributed by atoms with Crippen LogP contribution in [0.2, 0.25) is 0 Å². The van der Waals surface area contributed by atoms with Crippen LogP contribution >= 0.6 is 11.3 Å². The van der Waals surface area contributed by atoms with Gasteiger partial charge in [0.05, 0.1) is 5.01 Å². The summed E-state index contributed by atoms with van der Waals surface area (Å²) in [6, 6.07) is 10.6. The van der Waals surface area contributed by atoms with E-state index in [4.69, 9.17) is 5.73 Å². The molecule has 84 valence electrons. The number of rotatable bonds is 4. The van der Waals surface area contributed by atoms with Crippen LogP contribution < -0.4 is 5.73 Å². The summed E-state index contributed by atoms with van der Waals surface area (Å²) in [7, 11) is 0. The molecule has 0 radical (unpaired) electrons. The van der Waals surface area contributed by atoms with Crippen molar-refractivity contribution in [2.24, 2.45) is 5.73 Å². The minimum Gasteiger partial charge on any atom is -0.328 e. The standard InChI is InChI=1S/C13H16N2S/c1-10(14)7-12-9-15-13(16-12)8-11-5-3-2-4-6-11/h2-6,9-10H,7-8,14H2,1H3. The molecule has 2 N–H and O–H groups in total. The molecular weight excluding hydrogens is 216 g/mol. The van der Waals surface area contributed by atoms with Crippen molar-refractivity contribution >= 4 is 11.3 Å². The molecule has 0 spiro atoms. The SMILES string of the molecule is CC(N)Cc1cnc(Cc2ccccc2)s1. The minimum absolute atomic E-state index is 0.213. The predicted molar refractivity (Wildman–Crippen MR) is 68.7 cm³/mol. The fourth-order valence-electron chi connectivity index (χ4n) is 1.61. The van der Waals surface area contributed by atoms with E-state index in [0.717, 1.165) is 12.8 Å². The lowest BCUT2D eigenvalue weighted by molar-refractivity contribution is 0.745. The van der Waals surface area contributed by atoms with Gasteiger partial charge in [0.1, 0.15) is 0 Å². The molecule has 1 heterocycles. The highest BCUT2D eigenvalue weighted by atomic mass is 32.1. The van der Waals surface area contributed by atoms with Gasteiger partial charge in [-0.05, 0) is 18.9 Å². The summed E-state index contributed by atoms with van der Waals surface area (Å²) in [6.07, 6.45) is 3.79. The summed E-state index contributed by atoms with van der Waals surface area (Å²) in [5.41, 5.74) is 7.07. The fraction of sp³-hybridized carbons (Fsp3) is 0.308. The van der Waals surface area contributed by atoms with Gasteiger partial charge in [0, 0.05) is 23.5 Å². The average molecular weight is 232 g/mol. The van der Waals surface area contributed by atoms with Gasteiger partial charge in [-0.25, -0.2) is 4.98 Å². The Morgan fingerprint density at radius 1 is 1.31 bits per heavy atom. The van der Waals surface area contributed by atoms with E-state index in [-0.39, 0.29) is 6.04 Å². The zero-order valence-corrected chi connectivity index (χ0v) is 10.2. The Hall–Kier alpha value is -1.19. The molecule has 1 aromatic heterocycles. The van der Waals surface area contributed by atoms with Crippen LogP contribution in [0.3, 0.4) is 0 Å². The monoisotopic (exact) mass is 232 g/mol. The lowest BCUT2D eigenvalue weighted by Crippen LogP contribution is -2.16. The Bertz CT molecular complexity index is 434. The zero-order valence-electron chi connectivity index (χ0n) is 9.39. The third-order valence-corrected chi connectivity index (χ3v) is 3.34. The van der Waals surface area contributed by atoms with Crippen molar-refractivity contribution in [1.82, 2.24) is 4.98 Å². The van der Waals surface area contributed by atoms with Gasteiger partial charge in [-0.2, -0.15) is 0 Å². The molecule has 0 saturated heterocycles. The lowest BCUT2D eigenvalue weighted by atomic mass is 10.2. The van der Waals surface area contributed by atoms with E-state index in [1.54, 1.807) is 11.3 Å². The Morgan fingerprint density at radius 3 is 2.75 bits per heavy atom. The molecule has 16 heavy (non-hydrogen) atoms. The second-order valence-electron chi connectivity index (χ2n) is 4.06. The van der Waals surface area contributed by atoms with Crippen LogP contribution in [-0.4, -0.2) is 11.0 Å². The quantitative estimate of drug-likeness (QED) is 0.880. The highest BCUT2D eigenvalue weighted by molar-refractivity contribution is 7.11. The molecule has 1 aromatic carbocycles. The van der Waals surface area contributed by atoms with Gasteiger partial charge in [-0.3, -0.25) is 0 Å². The van der Waals surface area contributed by atoms with Crippen LogP contribution in [-0.2, 0) is 12.8 Å². The number of hydrogen-bond acceptors (Lipinski definition) is 3. The Balaban J connectivity index is 2.03. The van der Waals surface area contributed by atoms with Crippen molar-refractivity contribution in [2.45, 2.75) is 25.8 Å². The molecule has 2 nitrogen and oxygen atoms in total. The van der Waals surface area contributed by atoms with Crippen molar-refractivity contribution in [2.75, 3.05) is 0 Å². The lowest BCUT2D eigenvalue weighted by Gasteiger charge is -1.99. The first kappa shape index (κ1) is 11.3. The highest BCUT2D eigenvalue weighted by Gasteiger charge is 2.04. The Morgan fingerprint density at radius 2 is 2.06 bits per heavy atom. The zero-order chi connectivity index (χ0) is 11.4. The summed E-state index contributed by atoms with van der Waals surface area (Å²) in [5, 5.41) is 1.17. The molecule has 0 amide bonds. The van der Waals surface area contributed by atoms with E-state index in [1.807, 2.05) is 19.2 Å². The van der Waals surface area contributed by atoms with E-state index in [1.165, 1.54) is 15.4 Å². The Labute approximate surface area is 100 Å². The van der Waals surface area contributed by atoms with E-state index in [0.29, 0.717) is 0 Å². The van der Waals surface area contributed by atoms with Crippen molar-refractivity contribution in [1.29, 1.82) is 0 Å². The molecule has 1 unspecified atom stereocenters. The van der Waals surface area contributed by atoms with Crippen molar-refractivity contribution in [3.63, 3.8) is 0 Å². The van der Waals surface area contributed by atoms with Crippen molar-refractivity contribution in [3.05, 3.63) is 52.0 Å². The van der Waals surface area contributed by atoms with Crippen LogP contribution in [0.4, 0.5) is 0 Å². The molecule has 2 rings (SSSR count). The molecular formula is C13H16N2S. The molecule has 3 heteroatoms. The maximum absolute atomic E-state index is 5.77. The number of nitrogens with two attached hydrogens (primary N) is 1. The predicted octanol–water partition coefficient (Wildman–Crippen LogP) is 2.62. The normalized spacial score (nSPS) is 12.6. The number of thiazole rings is 1. The van der Waals surface area contributed by atoms with Crippen molar-refractivity contribution < 1.29 is 0 Å². The second kappa shape index (κ2) is 5.23. The topological polar surface area (TPSA) is 38.9 Å². The number of hydrogen-bond donors (Lipinski definition) is 1. The van der Waals surface area contributed by atoms with Crippen molar-refractivity contribution in [3.8, 4) is 0 Å². The fourth-order valence-corrected chi connectivity index (χ4v) is 2.71. The van der Waals surface area contributed by atoms with E-state index in [2.05, 4.69) is 29.2 Å². The Kier molecular flexibility index (Phi) is 3.70. The molecule has 1 atom stereocenters. The minimum atomic E-state index is 0.213. The maximum atomic E-state index is 5.77. The van der Waals surface area contributed by atoms with Crippen LogP contribution in [0.25, 0.3) is 0 Å². The smallest absolute Gasteiger partial charge is 0.0971 e. The molecule has 0 bridgehead atoms. The first-order valence-corrected chi connectivity index (χ1v) is 6.29. The van der Waals surface area contributed by atoms with Gasteiger partial charge in [0.25, 0.3) is 0 Å². The summed E-state index contributed by atoms with van der Waals surface area (Å²) >= 11 is 1.76. The maximum Gasteiger partial charge on any atom is 0.0971 e. The first-order chi connectivity index (χ1) is 7.74. The van der Waals surface area contributed by atoms with E-state index in [9.17, 15) is 0 Å². The van der Waals surface area contributed by atoms with Crippen LogP contribution in [0.15, 0.2) is 36.5 Å². The molecule has 2 aromatic rings. The molecule has 0 aliphatic rings. The first-order valence-electron chi connectivity index (χ1n) is 5.47. The third kappa shape index (κ3) is 3.15. The largest absolute Gasteiger partial charge is 0.328 e. The summed E-state index contributed by atoms with van der Waals surface area (Å²) in [5.74, 6) is 0. The van der Waals surface area contributed by atoms with Crippen LogP contribution in [0.5, 0.6) is 0 Å². The summed E-state index contributed by atoms with van der Waals surface area (Å²) in [4.78, 5) is 5.71. The molecule has 0 aliphatic heterocycles. The number of aromatic nitrogens is 1. The molecule has 0 fully saturated rings. The molecule has 0 aliphatic carbocycles. The van der Waals surface area contributed by atoms with Gasteiger partial charge >= 0.3 is 0 Å². The summed E-state index contributed by atoms with van der Waals surface area (Å²) in [6.45, 7) is 2.02. The van der Waals surface area contributed by atoms with E-state index >= 15 is 0 Å². The third-order valence-electron chi connectivity index (χ3n) is 2.32. The highest BCUT2D eigenvalue weighted by Crippen LogP contribution is 2.17. The van der Waals surface area contributed by atoms with Crippen LogP contribution in [0.1, 0.15) is 22.4 Å². The average Bonchev–Trinajstić information content (AvgIpc) is 2.66. The van der Waals surface area contributed by atoms with Crippen LogP contribution in [0, 0.1) is 0 Å². The van der Waals surface area contributed by atoms with Gasteiger partial charge in [0.2, 0.25) is 0 Å². The molecule has 0 saturated carbocycles. The van der Waals surface area contributed by atoms with Gasteiger partial charge in [-0.15, -0.1) is 11.3 Å². The van der Waals surface area contributed by atoms with Gasteiger partial charge in [0.15, 0.2) is 0 Å². The summed E-state index contributed by atoms with van der Waals surface area (Å²) < 4.78 is 0.